The zero-order chi connectivity index (χ0) is 13.1. The largest absolute Gasteiger partial charge is 0.496 e. The minimum absolute atomic E-state index is 0.432. The molecule has 2 aromatic rings. The molecule has 1 aliphatic heterocycles. The molecule has 1 aliphatic rings. The van der Waals surface area contributed by atoms with Crippen LogP contribution < -0.4 is 4.74 Å². The average molecular weight is 257 g/mol. The van der Waals surface area contributed by atoms with Gasteiger partial charge >= 0.3 is 0 Å². The highest BCUT2D eigenvalue weighted by atomic mass is 16.5. The number of hydrogen-bond donors (Lipinski definition) is 1. The first-order valence-corrected chi connectivity index (χ1v) is 6.73. The third-order valence-electron chi connectivity index (χ3n) is 3.77. The monoisotopic (exact) mass is 257 g/mol. The van der Waals surface area contributed by atoms with Gasteiger partial charge in [-0.05, 0) is 25.5 Å². The summed E-state index contributed by atoms with van der Waals surface area (Å²) in [5.41, 5.74) is 1.29. The number of likely N-dealkylation sites (tertiary alicyclic amines) is 1. The lowest BCUT2D eigenvalue weighted by molar-refractivity contribution is 0.238. The molecule has 1 aromatic heterocycles. The molecule has 1 aromatic carbocycles. The van der Waals surface area contributed by atoms with E-state index in [1.807, 2.05) is 24.5 Å². The van der Waals surface area contributed by atoms with Crippen LogP contribution >= 0.6 is 0 Å². The van der Waals surface area contributed by atoms with Gasteiger partial charge in [0.05, 0.1) is 13.7 Å². The molecule has 0 radical (unpaired) electrons. The molecule has 0 spiro atoms. The molecular weight excluding hydrogens is 238 g/mol. The molecule has 0 amide bonds. The van der Waals surface area contributed by atoms with Gasteiger partial charge in [-0.25, -0.2) is 4.98 Å². The number of aromatic nitrogens is 2. The second-order valence-corrected chi connectivity index (χ2v) is 4.91. The second kappa shape index (κ2) is 5.45. The molecule has 3 rings (SSSR count). The summed E-state index contributed by atoms with van der Waals surface area (Å²) in [4.78, 5) is 9.97. The molecule has 4 nitrogen and oxygen atoms in total. The predicted octanol–water partition coefficient (Wildman–Crippen LogP) is 2.76. The Morgan fingerprint density at radius 2 is 2.32 bits per heavy atom. The zero-order valence-corrected chi connectivity index (χ0v) is 11.2. The lowest BCUT2D eigenvalue weighted by atomic mass is 10.0. The van der Waals surface area contributed by atoms with Crippen molar-refractivity contribution in [3.8, 4) is 5.75 Å². The van der Waals surface area contributed by atoms with E-state index in [2.05, 4.69) is 27.0 Å². The van der Waals surface area contributed by atoms with Gasteiger partial charge in [0.2, 0.25) is 0 Å². The third-order valence-corrected chi connectivity index (χ3v) is 3.77. The number of para-hydroxylation sites is 1. The molecule has 2 heterocycles. The number of imidazole rings is 1. The van der Waals surface area contributed by atoms with Crippen LogP contribution in [0.25, 0.3) is 0 Å². The number of rotatable bonds is 4. The smallest absolute Gasteiger partial charge is 0.123 e. The highest BCUT2D eigenvalue weighted by molar-refractivity contribution is 5.36. The van der Waals surface area contributed by atoms with Crippen LogP contribution in [0.15, 0.2) is 36.7 Å². The first-order valence-electron chi connectivity index (χ1n) is 6.73. The molecule has 1 N–H and O–H groups in total. The standard InChI is InChI=1S/C15H19N3O/c1-19-14-7-3-2-5-12(14)13-6-4-10-18(13)11-15-16-8-9-17-15/h2-3,5,7-9,13H,4,6,10-11H2,1H3,(H,16,17)/t13-/m0/s1. The minimum Gasteiger partial charge on any atom is -0.496 e. The van der Waals surface area contributed by atoms with Gasteiger partial charge in [-0.3, -0.25) is 4.90 Å². The molecule has 19 heavy (non-hydrogen) atoms. The fraction of sp³-hybridized carbons (Fsp3) is 0.400. The summed E-state index contributed by atoms with van der Waals surface area (Å²) in [6, 6.07) is 8.75. The van der Waals surface area contributed by atoms with Crippen molar-refractivity contribution < 1.29 is 4.74 Å². The molecule has 100 valence electrons. The van der Waals surface area contributed by atoms with Crippen molar-refractivity contribution in [2.24, 2.45) is 0 Å². The van der Waals surface area contributed by atoms with Gasteiger partial charge in [-0.15, -0.1) is 0 Å². The Hall–Kier alpha value is -1.81. The van der Waals surface area contributed by atoms with E-state index in [9.17, 15) is 0 Å². The molecule has 1 saturated heterocycles. The highest BCUT2D eigenvalue weighted by Gasteiger charge is 2.28. The summed E-state index contributed by atoms with van der Waals surface area (Å²) in [5.74, 6) is 2.01. The predicted molar refractivity (Wildman–Crippen MR) is 74.0 cm³/mol. The lowest BCUT2D eigenvalue weighted by Gasteiger charge is -2.25. The topological polar surface area (TPSA) is 41.1 Å². The number of H-pyrrole nitrogens is 1. The van der Waals surface area contributed by atoms with Crippen molar-refractivity contribution in [3.63, 3.8) is 0 Å². The van der Waals surface area contributed by atoms with E-state index in [4.69, 9.17) is 4.74 Å². The third kappa shape index (κ3) is 2.49. The Morgan fingerprint density at radius 3 is 3.11 bits per heavy atom. The number of benzene rings is 1. The van der Waals surface area contributed by atoms with E-state index in [-0.39, 0.29) is 0 Å². The maximum Gasteiger partial charge on any atom is 0.123 e. The lowest BCUT2D eigenvalue weighted by Crippen LogP contribution is -2.23. The quantitative estimate of drug-likeness (QED) is 0.915. The summed E-state index contributed by atoms with van der Waals surface area (Å²) in [5, 5.41) is 0. The summed E-state index contributed by atoms with van der Waals surface area (Å²) in [6.45, 7) is 1.99. The van der Waals surface area contributed by atoms with Crippen molar-refractivity contribution in [1.82, 2.24) is 14.9 Å². The summed E-state index contributed by atoms with van der Waals surface area (Å²) in [6.07, 6.45) is 6.09. The first kappa shape index (κ1) is 12.2. The van der Waals surface area contributed by atoms with Crippen LogP contribution in [0, 0.1) is 0 Å². The van der Waals surface area contributed by atoms with Gasteiger partial charge in [0.1, 0.15) is 11.6 Å². The van der Waals surface area contributed by atoms with Gasteiger partial charge in [0, 0.05) is 24.0 Å². The van der Waals surface area contributed by atoms with Crippen LogP contribution in [-0.4, -0.2) is 28.5 Å². The number of nitrogens with zero attached hydrogens (tertiary/aromatic N) is 2. The van der Waals surface area contributed by atoms with Crippen molar-refractivity contribution in [1.29, 1.82) is 0 Å². The normalized spacial score (nSPS) is 19.7. The number of nitrogens with one attached hydrogen (secondary N) is 1. The van der Waals surface area contributed by atoms with E-state index in [1.165, 1.54) is 18.4 Å². The number of aromatic amines is 1. The minimum atomic E-state index is 0.432. The van der Waals surface area contributed by atoms with Gasteiger partial charge < -0.3 is 9.72 Å². The van der Waals surface area contributed by atoms with Gasteiger partial charge in [0.15, 0.2) is 0 Å². The molecule has 0 saturated carbocycles. The van der Waals surface area contributed by atoms with Crippen LogP contribution in [0.2, 0.25) is 0 Å². The highest BCUT2D eigenvalue weighted by Crippen LogP contribution is 2.37. The summed E-state index contributed by atoms with van der Waals surface area (Å²) >= 11 is 0. The maximum absolute atomic E-state index is 5.49. The van der Waals surface area contributed by atoms with Gasteiger partial charge in [-0.1, -0.05) is 18.2 Å². The SMILES string of the molecule is COc1ccccc1[C@@H]1CCCN1Cc1ncc[nH]1. The van der Waals surface area contributed by atoms with E-state index in [1.54, 1.807) is 7.11 Å². The Balaban J connectivity index is 1.82. The Morgan fingerprint density at radius 1 is 1.42 bits per heavy atom. The van der Waals surface area contributed by atoms with Gasteiger partial charge in [0.25, 0.3) is 0 Å². The van der Waals surface area contributed by atoms with Gasteiger partial charge in [-0.2, -0.15) is 0 Å². The Bertz CT molecular complexity index is 524. The van der Waals surface area contributed by atoms with Crippen LogP contribution in [0.5, 0.6) is 5.75 Å². The van der Waals surface area contributed by atoms with Crippen LogP contribution in [0.3, 0.4) is 0 Å². The molecular formula is C15H19N3O. The summed E-state index contributed by atoms with van der Waals surface area (Å²) < 4.78 is 5.49. The van der Waals surface area contributed by atoms with E-state index in [0.29, 0.717) is 6.04 Å². The Kier molecular flexibility index (Phi) is 3.51. The van der Waals surface area contributed by atoms with Crippen LogP contribution in [-0.2, 0) is 6.54 Å². The van der Waals surface area contributed by atoms with Crippen molar-refractivity contribution in [3.05, 3.63) is 48.0 Å². The molecule has 1 atom stereocenters. The molecule has 1 fully saturated rings. The van der Waals surface area contributed by atoms with E-state index in [0.717, 1.165) is 24.7 Å². The van der Waals surface area contributed by atoms with Crippen LogP contribution in [0.4, 0.5) is 0 Å². The average Bonchev–Trinajstić information content (AvgIpc) is 3.11. The van der Waals surface area contributed by atoms with E-state index >= 15 is 0 Å². The summed E-state index contributed by atoms with van der Waals surface area (Å²) in [7, 11) is 1.74. The number of ether oxygens (including phenoxy) is 1. The molecule has 0 aliphatic carbocycles. The van der Waals surface area contributed by atoms with Crippen molar-refractivity contribution >= 4 is 0 Å². The maximum atomic E-state index is 5.49. The number of hydrogen-bond acceptors (Lipinski definition) is 3. The zero-order valence-electron chi connectivity index (χ0n) is 11.2. The molecule has 0 bridgehead atoms. The fourth-order valence-electron chi connectivity index (χ4n) is 2.89. The van der Waals surface area contributed by atoms with Crippen LogP contribution in [0.1, 0.15) is 30.3 Å². The van der Waals surface area contributed by atoms with Crippen molar-refractivity contribution in [2.45, 2.75) is 25.4 Å². The fourth-order valence-corrected chi connectivity index (χ4v) is 2.89. The molecule has 4 heteroatoms. The Labute approximate surface area is 113 Å². The first-order chi connectivity index (χ1) is 9.38. The van der Waals surface area contributed by atoms with Crippen molar-refractivity contribution in [2.75, 3.05) is 13.7 Å². The number of methoxy groups -OCH3 is 1. The second-order valence-electron chi connectivity index (χ2n) is 4.91. The van der Waals surface area contributed by atoms with E-state index < -0.39 is 0 Å². The molecule has 0 unspecified atom stereocenters.